The summed E-state index contributed by atoms with van der Waals surface area (Å²) in [7, 11) is 0. The maximum absolute atomic E-state index is 11.8. The molecule has 1 aromatic carbocycles. The Morgan fingerprint density at radius 2 is 2.22 bits per heavy atom. The van der Waals surface area contributed by atoms with Crippen LogP contribution in [0.25, 0.3) is 10.2 Å². The fourth-order valence-electron chi connectivity index (χ4n) is 2.66. The molecule has 1 aromatic heterocycles. The number of hydrogen-bond acceptors (Lipinski definition) is 5. The van der Waals surface area contributed by atoms with Crippen molar-refractivity contribution in [2.75, 3.05) is 31.6 Å². The van der Waals surface area contributed by atoms with Crippen LogP contribution in [-0.2, 0) is 16.1 Å². The van der Waals surface area contributed by atoms with Crippen LogP contribution >= 0.6 is 11.3 Å². The molecule has 6 heteroatoms. The minimum atomic E-state index is 0.0550. The van der Waals surface area contributed by atoms with Crippen molar-refractivity contribution < 1.29 is 9.53 Å². The summed E-state index contributed by atoms with van der Waals surface area (Å²) in [5.41, 5.74) is 2.23. The molecule has 1 amide bonds. The quantitative estimate of drug-likeness (QED) is 0.881. The predicted octanol–water partition coefficient (Wildman–Crippen LogP) is 3.26. The van der Waals surface area contributed by atoms with Crippen molar-refractivity contribution >= 4 is 32.6 Å². The molecule has 0 spiro atoms. The second-order valence-electron chi connectivity index (χ2n) is 5.86. The minimum absolute atomic E-state index is 0.0550. The number of hydrogen-bond donors (Lipinski definition) is 1. The molecule has 0 saturated carbocycles. The highest BCUT2D eigenvalue weighted by atomic mass is 32.1. The van der Waals surface area contributed by atoms with E-state index in [9.17, 15) is 4.79 Å². The van der Waals surface area contributed by atoms with Crippen molar-refractivity contribution in [1.82, 2.24) is 9.88 Å². The lowest BCUT2D eigenvalue weighted by Crippen LogP contribution is -2.35. The lowest BCUT2D eigenvalue weighted by atomic mass is 10.2. The summed E-state index contributed by atoms with van der Waals surface area (Å²) in [6, 6.07) is 6.35. The molecule has 0 bridgehead atoms. The van der Waals surface area contributed by atoms with Crippen LogP contribution in [0.1, 0.15) is 31.7 Å². The molecule has 1 N–H and O–H groups in total. The van der Waals surface area contributed by atoms with E-state index >= 15 is 0 Å². The van der Waals surface area contributed by atoms with Crippen molar-refractivity contribution in [2.45, 2.75) is 32.7 Å². The van der Waals surface area contributed by atoms with Gasteiger partial charge in [0, 0.05) is 26.1 Å². The number of nitrogens with zero attached hydrogens (tertiary/aromatic N) is 2. The number of fused-ring (bicyclic) bond motifs is 1. The first-order chi connectivity index (χ1) is 11.2. The number of ether oxygens (including phenoxy) is 1. The van der Waals surface area contributed by atoms with Gasteiger partial charge in [0.15, 0.2) is 5.13 Å². The lowest BCUT2D eigenvalue weighted by molar-refractivity contribution is -0.116. The molecule has 23 heavy (non-hydrogen) atoms. The van der Waals surface area contributed by atoms with Crippen LogP contribution in [0.4, 0.5) is 5.13 Å². The number of rotatable bonds is 6. The van der Waals surface area contributed by atoms with Gasteiger partial charge in [-0.3, -0.25) is 9.69 Å². The highest BCUT2D eigenvalue weighted by Gasteiger charge is 2.12. The highest BCUT2D eigenvalue weighted by molar-refractivity contribution is 7.22. The smallest absolute Gasteiger partial charge is 0.226 e. The number of amides is 1. The summed E-state index contributed by atoms with van der Waals surface area (Å²) in [5.74, 6) is 0.0550. The van der Waals surface area contributed by atoms with Crippen molar-refractivity contribution in [1.29, 1.82) is 0 Å². The van der Waals surface area contributed by atoms with E-state index in [0.717, 1.165) is 55.9 Å². The third-order valence-corrected chi connectivity index (χ3v) is 4.90. The maximum atomic E-state index is 11.8. The molecular formula is C17H23N3O2S. The molecular weight excluding hydrogens is 310 g/mol. The van der Waals surface area contributed by atoms with E-state index in [1.807, 2.05) is 6.07 Å². The summed E-state index contributed by atoms with van der Waals surface area (Å²) < 4.78 is 6.51. The van der Waals surface area contributed by atoms with Gasteiger partial charge in [0.05, 0.1) is 23.4 Å². The summed E-state index contributed by atoms with van der Waals surface area (Å²) in [6.07, 6.45) is 2.51. The average Bonchev–Trinajstić information content (AvgIpc) is 2.95. The summed E-state index contributed by atoms with van der Waals surface area (Å²) in [5, 5.41) is 3.61. The van der Waals surface area contributed by atoms with E-state index in [0.29, 0.717) is 11.6 Å². The molecule has 1 aliphatic rings. The topological polar surface area (TPSA) is 54.5 Å². The van der Waals surface area contributed by atoms with Gasteiger partial charge in [-0.2, -0.15) is 0 Å². The number of carbonyl (C=O) groups is 1. The van der Waals surface area contributed by atoms with Crippen LogP contribution in [0.3, 0.4) is 0 Å². The monoisotopic (exact) mass is 333 g/mol. The first-order valence-corrected chi connectivity index (χ1v) is 9.05. The number of benzene rings is 1. The van der Waals surface area contributed by atoms with E-state index < -0.39 is 0 Å². The number of thiazole rings is 1. The molecule has 2 aromatic rings. The van der Waals surface area contributed by atoms with E-state index in [4.69, 9.17) is 4.74 Å². The molecule has 0 unspecified atom stereocenters. The maximum Gasteiger partial charge on any atom is 0.226 e. The Hall–Kier alpha value is -1.50. The summed E-state index contributed by atoms with van der Waals surface area (Å²) in [6.45, 7) is 6.63. The fourth-order valence-corrected chi connectivity index (χ4v) is 3.60. The first kappa shape index (κ1) is 16.4. The molecule has 0 atom stereocenters. The number of carbonyl (C=O) groups excluding carboxylic acids is 1. The first-order valence-electron chi connectivity index (χ1n) is 8.24. The SMILES string of the molecule is CCCCC(=O)Nc1nc2ccc(CN3CCOCC3)cc2s1. The number of morpholine rings is 1. The largest absolute Gasteiger partial charge is 0.379 e. The van der Waals surface area contributed by atoms with Gasteiger partial charge >= 0.3 is 0 Å². The Balaban J connectivity index is 1.66. The van der Waals surface area contributed by atoms with E-state index in [-0.39, 0.29) is 5.91 Å². The Bertz CT molecular complexity index is 665. The number of anilines is 1. The Kier molecular flexibility index (Phi) is 5.59. The van der Waals surface area contributed by atoms with Gasteiger partial charge in [0.25, 0.3) is 0 Å². The fraction of sp³-hybridized carbons (Fsp3) is 0.529. The van der Waals surface area contributed by atoms with Gasteiger partial charge in [-0.05, 0) is 24.1 Å². The normalized spacial score (nSPS) is 15.9. The number of nitrogens with one attached hydrogen (secondary N) is 1. The van der Waals surface area contributed by atoms with Gasteiger partial charge in [-0.1, -0.05) is 30.7 Å². The lowest BCUT2D eigenvalue weighted by Gasteiger charge is -2.26. The molecule has 1 aliphatic heterocycles. The van der Waals surface area contributed by atoms with Crippen LogP contribution in [0, 0.1) is 0 Å². The molecule has 1 fully saturated rings. The molecule has 5 nitrogen and oxygen atoms in total. The molecule has 2 heterocycles. The highest BCUT2D eigenvalue weighted by Crippen LogP contribution is 2.27. The van der Waals surface area contributed by atoms with Crippen molar-refractivity contribution in [2.24, 2.45) is 0 Å². The number of unbranched alkanes of at least 4 members (excludes halogenated alkanes) is 1. The van der Waals surface area contributed by atoms with Crippen molar-refractivity contribution in [3.63, 3.8) is 0 Å². The van der Waals surface area contributed by atoms with Gasteiger partial charge in [0.2, 0.25) is 5.91 Å². The second-order valence-corrected chi connectivity index (χ2v) is 6.89. The molecule has 0 aliphatic carbocycles. The third-order valence-electron chi connectivity index (χ3n) is 3.97. The zero-order valence-electron chi connectivity index (χ0n) is 13.5. The Morgan fingerprint density at radius 1 is 1.39 bits per heavy atom. The van der Waals surface area contributed by atoms with E-state index in [1.165, 1.54) is 5.56 Å². The molecule has 1 saturated heterocycles. The van der Waals surface area contributed by atoms with Gasteiger partial charge in [-0.15, -0.1) is 0 Å². The van der Waals surface area contributed by atoms with E-state index in [1.54, 1.807) is 11.3 Å². The van der Waals surface area contributed by atoms with Gasteiger partial charge < -0.3 is 10.1 Å². The zero-order valence-corrected chi connectivity index (χ0v) is 14.3. The molecule has 124 valence electrons. The van der Waals surface area contributed by atoms with E-state index in [2.05, 4.69) is 34.3 Å². The molecule has 3 rings (SSSR count). The van der Waals surface area contributed by atoms with Crippen LogP contribution in [-0.4, -0.2) is 42.1 Å². The van der Waals surface area contributed by atoms with Crippen LogP contribution < -0.4 is 5.32 Å². The van der Waals surface area contributed by atoms with Crippen molar-refractivity contribution in [3.05, 3.63) is 23.8 Å². The average molecular weight is 333 g/mol. The Morgan fingerprint density at radius 3 is 3.00 bits per heavy atom. The summed E-state index contributed by atoms with van der Waals surface area (Å²) >= 11 is 1.55. The van der Waals surface area contributed by atoms with Crippen molar-refractivity contribution in [3.8, 4) is 0 Å². The van der Waals surface area contributed by atoms with Crippen LogP contribution in [0.15, 0.2) is 18.2 Å². The molecule has 0 radical (unpaired) electrons. The van der Waals surface area contributed by atoms with Gasteiger partial charge in [-0.25, -0.2) is 4.98 Å². The standard InChI is InChI=1S/C17H23N3O2S/c1-2-3-4-16(21)19-17-18-14-6-5-13(11-15(14)23-17)12-20-7-9-22-10-8-20/h5-6,11H,2-4,7-10,12H2,1H3,(H,18,19,21). The summed E-state index contributed by atoms with van der Waals surface area (Å²) in [4.78, 5) is 18.7. The van der Waals surface area contributed by atoms with Gasteiger partial charge in [0.1, 0.15) is 0 Å². The number of aromatic nitrogens is 1. The zero-order chi connectivity index (χ0) is 16.1. The second kappa shape index (κ2) is 7.86. The minimum Gasteiger partial charge on any atom is -0.379 e. The van der Waals surface area contributed by atoms with Crippen LogP contribution in [0.5, 0.6) is 0 Å². The predicted molar refractivity (Wildman–Crippen MR) is 93.9 cm³/mol. The third kappa shape index (κ3) is 4.50. The van der Waals surface area contributed by atoms with Crippen LogP contribution in [0.2, 0.25) is 0 Å². The Labute approximate surface area is 140 Å².